The molecule has 7 heteroatoms. The summed E-state index contributed by atoms with van der Waals surface area (Å²) in [5.74, 6) is -0.545. The fourth-order valence-electron chi connectivity index (χ4n) is 2.05. The van der Waals surface area contributed by atoms with E-state index < -0.39 is 12.1 Å². The van der Waals surface area contributed by atoms with Gasteiger partial charge in [0.05, 0.1) is 17.5 Å². The van der Waals surface area contributed by atoms with Crippen LogP contribution in [0.5, 0.6) is 0 Å². The lowest BCUT2D eigenvalue weighted by Gasteiger charge is -2.34. The molecule has 0 amide bonds. The van der Waals surface area contributed by atoms with E-state index in [1.807, 2.05) is 0 Å². The molecule has 0 N–H and O–H groups in total. The van der Waals surface area contributed by atoms with Crippen LogP contribution in [0.1, 0.15) is 18.5 Å². The van der Waals surface area contributed by atoms with Crippen molar-refractivity contribution in [3.8, 4) is 0 Å². The summed E-state index contributed by atoms with van der Waals surface area (Å²) in [6, 6.07) is 3.36. The van der Waals surface area contributed by atoms with Crippen LogP contribution in [0.25, 0.3) is 0 Å². The molecule has 1 fully saturated rings. The minimum Gasteiger partial charge on any atom is -0.355 e. The van der Waals surface area contributed by atoms with Crippen molar-refractivity contribution in [2.24, 2.45) is 5.92 Å². The second-order valence-electron chi connectivity index (χ2n) is 4.34. The molecule has 100 valence electrons. The van der Waals surface area contributed by atoms with Gasteiger partial charge in [-0.2, -0.15) is 18.3 Å². The molecule has 1 aliphatic rings. The fourth-order valence-corrected chi connectivity index (χ4v) is 2.19. The van der Waals surface area contributed by atoms with Gasteiger partial charge in [-0.15, -0.1) is 16.7 Å². The Morgan fingerprint density at radius 1 is 1.33 bits per heavy atom. The first-order valence-electron chi connectivity index (χ1n) is 5.71. The zero-order valence-electron chi connectivity index (χ0n) is 9.62. The number of hydrogen-bond donors (Lipinski definition) is 0. The third-order valence-corrected chi connectivity index (χ3v) is 3.32. The van der Waals surface area contributed by atoms with Crippen LogP contribution in [0, 0.1) is 5.92 Å². The topological polar surface area (TPSA) is 29.0 Å². The van der Waals surface area contributed by atoms with E-state index >= 15 is 0 Å². The van der Waals surface area contributed by atoms with Gasteiger partial charge in [0.2, 0.25) is 0 Å². The minimum atomic E-state index is -4.14. The predicted octanol–water partition coefficient (Wildman–Crippen LogP) is 2.99. The normalized spacial score (nSPS) is 21.1. The van der Waals surface area contributed by atoms with Crippen LogP contribution >= 0.6 is 11.6 Å². The van der Waals surface area contributed by atoms with Crippen molar-refractivity contribution < 1.29 is 13.2 Å². The average molecular weight is 280 g/mol. The van der Waals surface area contributed by atoms with E-state index in [4.69, 9.17) is 11.6 Å². The molecule has 1 saturated heterocycles. The first-order valence-corrected chi connectivity index (χ1v) is 6.24. The number of halogens is 4. The standard InChI is InChI=1S/C11H13ClF3N3/c12-6-9-3-4-10(17-16-9)18-5-1-2-8(7-18)11(13,14)15/h3-4,8H,1-2,5-7H2. The first-order chi connectivity index (χ1) is 8.50. The Balaban J connectivity index is 2.08. The quantitative estimate of drug-likeness (QED) is 0.779. The highest BCUT2D eigenvalue weighted by Gasteiger charge is 2.42. The van der Waals surface area contributed by atoms with E-state index in [2.05, 4.69) is 10.2 Å². The third kappa shape index (κ3) is 3.04. The maximum atomic E-state index is 12.7. The zero-order valence-corrected chi connectivity index (χ0v) is 10.4. The molecular formula is C11H13ClF3N3. The fraction of sp³-hybridized carbons (Fsp3) is 0.636. The van der Waals surface area contributed by atoms with Gasteiger partial charge in [-0.1, -0.05) is 0 Å². The Morgan fingerprint density at radius 3 is 2.67 bits per heavy atom. The van der Waals surface area contributed by atoms with E-state index in [0.29, 0.717) is 24.5 Å². The van der Waals surface area contributed by atoms with E-state index in [1.54, 1.807) is 17.0 Å². The van der Waals surface area contributed by atoms with Crippen molar-refractivity contribution in [2.45, 2.75) is 24.9 Å². The van der Waals surface area contributed by atoms with Crippen molar-refractivity contribution in [1.29, 1.82) is 0 Å². The lowest BCUT2D eigenvalue weighted by Crippen LogP contribution is -2.42. The van der Waals surface area contributed by atoms with Crippen molar-refractivity contribution in [3.05, 3.63) is 17.8 Å². The minimum absolute atomic E-state index is 0.0433. The maximum absolute atomic E-state index is 12.7. The summed E-state index contributed by atoms with van der Waals surface area (Å²) in [5.41, 5.74) is 0.616. The Hall–Kier alpha value is -1.04. The molecule has 1 aromatic rings. The smallest absolute Gasteiger partial charge is 0.355 e. The number of aromatic nitrogens is 2. The van der Waals surface area contributed by atoms with Gasteiger partial charge in [0, 0.05) is 13.1 Å². The average Bonchev–Trinajstić information content (AvgIpc) is 2.38. The van der Waals surface area contributed by atoms with Gasteiger partial charge in [-0.25, -0.2) is 0 Å². The van der Waals surface area contributed by atoms with Crippen LogP contribution in [0.3, 0.4) is 0 Å². The van der Waals surface area contributed by atoms with E-state index in [9.17, 15) is 13.2 Å². The lowest BCUT2D eigenvalue weighted by molar-refractivity contribution is -0.176. The van der Waals surface area contributed by atoms with Crippen LogP contribution in [0.15, 0.2) is 12.1 Å². The highest BCUT2D eigenvalue weighted by atomic mass is 35.5. The first kappa shape index (κ1) is 13.4. The van der Waals surface area contributed by atoms with Crippen LogP contribution in [0.2, 0.25) is 0 Å². The monoisotopic (exact) mass is 279 g/mol. The molecule has 3 nitrogen and oxygen atoms in total. The van der Waals surface area contributed by atoms with Crippen molar-refractivity contribution in [3.63, 3.8) is 0 Å². The van der Waals surface area contributed by atoms with Crippen molar-refractivity contribution >= 4 is 17.4 Å². The molecule has 1 atom stereocenters. The van der Waals surface area contributed by atoms with Crippen LogP contribution in [-0.4, -0.2) is 29.5 Å². The predicted molar refractivity (Wildman–Crippen MR) is 62.6 cm³/mol. The Morgan fingerprint density at radius 2 is 2.11 bits per heavy atom. The SMILES string of the molecule is FC(F)(F)C1CCCN(c2ccc(CCl)nn2)C1. The second-order valence-corrected chi connectivity index (χ2v) is 4.61. The van der Waals surface area contributed by atoms with Gasteiger partial charge in [-0.05, 0) is 25.0 Å². The highest BCUT2D eigenvalue weighted by molar-refractivity contribution is 6.16. The molecule has 1 aromatic heterocycles. The van der Waals surface area contributed by atoms with Crippen molar-refractivity contribution in [1.82, 2.24) is 10.2 Å². The van der Waals surface area contributed by atoms with E-state index in [-0.39, 0.29) is 18.8 Å². The molecule has 0 saturated carbocycles. The van der Waals surface area contributed by atoms with Gasteiger partial charge in [0.25, 0.3) is 0 Å². The summed E-state index contributed by atoms with van der Waals surface area (Å²) in [4.78, 5) is 1.63. The van der Waals surface area contributed by atoms with Gasteiger partial charge in [-0.3, -0.25) is 0 Å². The summed E-state index contributed by atoms with van der Waals surface area (Å²) in [6.45, 7) is 0.542. The van der Waals surface area contributed by atoms with Gasteiger partial charge in [0.15, 0.2) is 5.82 Å². The summed E-state index contributed by atoms with van der Waals surface area (Å²) < 4.78 is 38.0. The maximum Gasteiger partial charge on any atom is 0.393 e. The Labute approximate surface area is 108 Å². The Kier molecular flexibility index (Phi) is 3.94. The van der Waals surface area contributed by atoms with E-state index in [0.717, 1.165) is 0 Å². The largest absolute Gasteiger partial charge is 0.393 e. The number of alkyl halides is 4. The summed E-state index contributed by atoms with van der Waals surface area (Å²) in [6.07, 6.45) is -3.43. The lowest BCUT2D eigenvalue weighted by atomic mass is 9.97. The molecule has 0 spiro atoms. The highest BCUT2D eigenvalue weighted by Crippen LogP contribution is 2.34. The van der Waals surface area contributed by atoms with Gasteiger partial charge in [0.1, 0.15) is 0 Å². The molecule has 2 heterocycles. The molecule has 2 rings (SSSR count). The number of hydrogen-bond acceptors (Lipinski definition) is 3. The van der Waals surface area contributed by atoms with Crippen LogP contribution in [0.4, 0.5) is 19.0 Å². The molecule has 0 bridgehead atoms. The van der Waals surface area contributed by atoms with Crippen LogP contribution in [-0.2, 0) is 5.88 Å². The molecule has 18 heavy (non-hydrogen) atoms. The molecule has 0 aromatic carbocycles. The zero-order chi connectivity index (χ0) is 13.2. The third-order valence-electron chi connectivity index (χ3n) is 3.05. The number of piperidine rings is 1. The van der Waals surface area contributed by atoms with Crippen LogP contribution < -0.4 is 4.90 Å². The van der Waals surface area contributed by atoms with Gasteiger partial charge < -0.3 is 4.90 Å². The molecule has 0 aliphatic carbocycles. The second kappa shape index (κ2) is 5.30. The summed E-state index contributed by atoms with van der Waals surface area (Å²) >= 11 is 5.58. The molecule has 0 radical (unpaired) electrons. The Bertz CT molecular complexity index is 394. The summed E-state index contributed by atoms with van der Waals surface area (Å²) in [5, 5.41) is 7.77. The van der Waals surface area contributed by atoms with Gasteiger partial charge >= 0.3 is 6.18 Å². The van der Waals surface area contributed by atoms with E-state index in [1.165, 1.54) is 0 Å². The van der Waals surface area contributed by atoms with Crippen molar-refractivity contribution in [2.75, 3.05) is 18.0 Å². The number of anilines is 1. The number of rotatable bonds is 2. The number of nitrogens with zero attached hydrogens (tertiary/aromatic N) is 3. The molecular weight excluding hydrogens is 267 g/mol. The molecule has 1 aliphatic heterocycles. The summed E-state index contributed by atoms with van der Waals surface area (Å²) in [7, 11) is 0. The molecule has 1 unspecified atom stereocenters.